The summed E-state index contributed by atoms with van der Waals surface area (Å²) < 4.78 is 17.0. The fourth-order valence-corrected chi connectivity index (χ4v) is 7.28. The van der Waals surface area contributed by atoms with Gasteiger partial charge in [-0.1, -0.05) is 24.3 Å². The average Bonchev–Trinajstić information content (AvgIpc) is 3.58. The molecule has 0 aromatic heterocycles. The summed E-state index contributed by atoms with van der Waals surface area (Å²) in [5.41, 5.74) is 3.54. The topological polar surface area (TPSA) is 51.2 Å². The molecule has 33 heavy (non-hydrogen) atoms. The van der Waals surface area contributed by atoms with E-state index in [0.29, 0.717) is 29.4 Å². The van der Waals surface area contributed by atoms with Gasteiger partial charge in [-0.05, 0) is 61.9 Å². The van der Waals surface area contributed by atoms with E-state index in [-0.39, 0.29) is 11.6 Å². The van der Waals surface area contributed by atoms with Crippen LogP contribution in [0.5, 0.6) is 17.2 Å². The quantitative estimate of drug-likeness (QED) is 0.699. The van der Waals surface area contributed by atoms with Crippen molar-refractivity contribution >= 4 is 5.91 Å². The first-order valence-electron chi connectivity index (χ1n) is 12.1. The molecule has 6 heteroatoms. The van der Waals surface area contributed by atoms with E-state index < -0.39 is 0 Å². The second kappa shape index (κ2) is 7.66. The molecule has 1 aliphatic carbocycles. The number of methoxy groups -OCH3 is 3. The van der Waals surface area contributed by atoms with Crippen molar-refractivity contribution in [2.75, 3.05) is 34.4 Å². The maximum absolute atomic E-state index is 14.1. The van der Waals surface area contributed by atoms with Crippen LogP contribution in [0.4, 0.5) is 0 Å². The third kappa shape index (κ3) is 2.79. The Labute approximate surface area is 195 Å². The number of fused-ring (bicyclic) bond motifs is 1. The van der Waals surface area contributed by atoms with E-state index in [1.54, 1.807) is 21.3 Å². The van der Waals surface area contributed by atoms with Crippen molar-refractivity contribution in [1.29, 1.82) is 0 Å². The van der Waals surface area contributed by atoms with Gasteiger partial charge in [0.1, 0.15) is 5.54 Å². The van der Waals surface area contributed by atoms with Crippen molar-refractivity contribution in [2.45, 2.75) is 49.7 Å². The molecule has 0 unspecified atom stereocenters. The molecule has 6 rings (SSSR count). The smallest absolute Gasteiger partial charge is 0.243 e. The molecular weight excluding hydrogens is 416 g/mol. The fraction of sp³-hybridized carbons (Fsp3) is 0.519. The highest BCUT2D eigenvalue weighted by atomic mass is 16.5. The predicted molar refractivity (Wildman–Crippen MR) is 125 cm³/mol. The summed E-state index contributed by atoms with van der Waals surface area (Å²) in [7, 11) is 4.97. The number of amides is 1. The van der Waals surface area contributed by atoms with Gasteiger partial charge in [0.2, 0.25) is 11.7 Å². The number of rotatable bonds is 5. The lowest BCUT2D eigenvalue weighted by atomic mass is 9.85. The minimum atomic E-state index is -0.363. The highest BCUT2D eigenvalue weighted by molar-refractivity contribution is 5.90. The summed E-state index contributed by atoms with van der Waals surface area (Å²) >= 11 is 0. The molecule has 4 aliphatic rings. The summed E-state index contributed by atoms with van der Waals surface area (Å²) in [5, 5.41) is 0. The van der Waals surface area contributed by atoms with Crippen LogP contribution in [-0.4, -0.2) is 61.7 Å². The Hall–Kier alpha value is -2.73. The van der Waals surface area contributed by atoms with Crippen LogP contribution < -0.4 is 14.2 Å². The molecule has 0 N–H and O–H groups in total. The van der Waals surface area contributed by atoms with E-state index in [2.05, 4.69) is 40.1 Å². The molecule has 0 bridgehead atoms. The summed E-state index contributed by atoms with van der Waals surface area (Å²) in [6.07, 6.45) is 4.95. The zero-order valence-corrected chi connectivity index (χ0v) is 19.7. The van der Waals surface area contributed by atoms with Crippen molar-refractivity contribution in [2.24, 2.45) is 5.92 Å². The van der Waals surface area contributed by atoms with Gasteiger partial charge in [-0.15, -0.1) is 0 Å². The molecule has 3 fully saturated rings. The van der Waals surface area contributed by atoms with Crippen LogP contribution in [0.25, 0.3) is 0 Å². The van der Waals surface area contributed by atoms with Crippen LogP contribution in [0, 0.1) is 5.92 Å². The van der Waals surface area contributed by atoms with E-state index in [1.165, 1.54) is 11.1 Å². The number of benzene rings is 2. The first kappa shape index (κ1) is 20.8. The number of carbonyl (C=O) groups is 1. The van der Waals surface area contributed by atoms with Gasteiger partial charge in [0.05, 0.1) is 21.3 Å². The second-order valence-corrected chi connectivity index (χ2v) is 9.88. The van der Waals surface area contributed by atoms with E-state index in [0.717, 1.165) is 56.5 Å². The standard InChI is InChI=1S/C27H32N2O4/c1-31-23-10-9-21(24(32-2)25(23)33-3)22-15-19-16-28(26(30)27(19)11-6-12-29(22)27)20-13-17-7-4-5-8-18(17)14-20/h4-5,7-10,19-20,22H,6,11-16H2,1-3H3/t19-,22-,27-/m0/s1. The highest BCUT2D eigenvalue weighted by Crippen LogP contribution is 2.58. The first-order chi connectivity index (χ1) is 16.1. The van der Waals surface area contributed by atoms with Crippen LogP contribution in [0.15, 0.2) is 36.4 Å². The van der Waals surface area contributed by atoms with Crippen LogP contribution in [-0.2, 0) is 17.6 Å². The number of ether oxygens (including phenoxy) is 3. The van der Waals surface area contributed by atoms with Crippen LogP contribution in [0.3, 0.4) is 0 Å². The van der Waals surface area contributed by atoms with Gasteiger partial charge in [0.15, 0.2) is 11.5 Å². The highest BCUT2D eigenvalue weighted by Gasteiger charge is 2.66. The Balaban J connectivity index is 1.32. The Bertz CT molecular complexity index is 1080. The lowest BCUT2D eigenvalue weighted by Crippen LogP contribution is -2.51. The van der Waals surface area contributed by atoms with Crippen molar-refractivity contribution in [1.82, 2.24) is 9.80 Å². The molecule has 6 nitrogen and oxygen atoms in total. The number of likely N-dealkylation sites (tertiary alicyclic amines) is 1. The molecule has 174 valence electrons. The predicted octanol–water partition coefficient (Wildman–Crippen LogP) is 3.62. The maximum Gasteiger partial charge on any atom is 0.243 e. The average molecular weight is 449 g/mol. The number of hydrogen-bond donors (Lipinski definition) is 0. The number of carbonyl (C=O) groups excluding carboxylic acids is 1. The van der Waals surface area contributed by atoms with Gasteiger partial charge < -0.3 is 19.1 Å². The lowest BCUT2D eigenvalue weighted by molar-refractivity contribution is -0.138. The van der Waals surface area contributed by atoms with Crippen LogP contribution in [0.1, 0.15) is 42.0 Å². The third-order valence-corrected chi connectivity index (χ3v) is 8.64. The Kier molecular flexibility index (Phi) is 4.84. The summed E-state index contributed by atoms with van der Waals surface area (Å²) in [6, 6.07) is 13.2. The van der Waals surface area contributed by atoms with Gasteiger partial charge >= 0.3 is 0 Å². The summed E-state index contributed by atoms with van der Waals surface area (Å²) in [6.45, 7) is 1.81. The molecule has 3 saturated heterocycles. The Morgan fingerprint density at radius 3 is 2.33 bits per heavy atom. The molecule has 3 atom stereocenters. The Morgan fingerprint density at radius 1 is 0.939 bits per heavy atom. The number of hydrogen-bond acceptors (Lipinski definition) is 5. The van der Waals surface area contributed by atoms with Crippen molar-refractivity contribution in [3.05, 3.63) is 53.1 Å². The minimum Gasteiger partial charge on any atom is -0.493 e. The zero-order chi connectivity index (χ0) is 22.7. The van der Waals surface area contributed by atoms with Gasteiger partial charge in [-0.2, -0.15) is 0 Å². The van der Waals surface area contributed by atoms with E-state index in [4.69, 9.17) is 14.2 Å². The zero-order valence-electron chi connectivity index (χ0n) is 19.7. The van der Waals surface area contributed by atoms with Gasteiger partial charge in [-0.25, -0.2) is 0 Å². The van der Waals surface area contributed by atoms with E-state index in [9.17, 15) is 4.79 Å². The SMILES string of the molecule is COc1ccc([C@@H]2C[C@H]3CN(C4Cc5ccccc5C4)C(=O)[C@]34CCCN24)c(OC)c1OC. The van der Waals surface area contributed by atoms with Gasteiger partial charge in [0, 0.05) is 30.1 Å². The fourth-order valence-electron chi connectivity index (χ4n) is 7.28. The largest absolute Gasteiger partial charge is 0.493 e. The van der Waals surface area contributed by atoms with Crippen molar-refractivity contribution in [3.63, 3.8) is 0 Å². The lowest BCUT2D eigenvalue weighted by Gasteiger charge is -2.35. The van der Waals surface area contributed by atoms with Crippen LogP contribution >= 0.6 is 0 Å². The minimum absolute atomic E-state index is 0.152. The molecule has 1 amide bonds. The van der Waals surface area contributed by atoms with Crippen molar-refractivity contribution < 1.29 is 19.0 Å². The molecule has 2 aromatic rings. The summed E-state index contributed by atoms with van der Waals surface area (Å²) in [5.74, 6) is 2.71. The van der Waals surface area contributed by atoms with Gasteiger partial charge in [-0.3, -0.25) is 9.69 Å². The normalized spacial score (nSPS) is 28.7. The summed E-state index contributed by atoms with van der Waals surface area (Å²) in [4.78, 5) is 18.8. The monoisotopic (exact) mass is 448 g/mol. The molecule has 1 spiro atoms. The first-order valence-corrected chi connectivity index (χ1v) is 12.1. The Morgan fingerprint density at radius 2 is 1.67 bits per heavy atom. The van der Waals surface area contributed by atoms with Crippen molar-refractivity contribution in [3.8, 4) is 17.2 Å². The van der Waals surface area contributed by atoms with E-state index >= 15 is 0 Å². The van der Waals surface area contributed by atoms with Crippen LogP contribution in [0.2, 0.25) is 0 Å². The molecule has 2 aromatic carbocycles. The molecule has 0 radical (unpaired) electrons. The second-order valence-electron chi connectivity index (χ2n) is 9.88. The molecule has 3 aliphatic heterocycles. The number of nitrogens with zero attached hydrogens (tertiary/aromatic N) is 2. The van der Waals surface area contributed by atoms with Gasteiger partial charge in [0.25, 0.3) is 0 Å². The third-order valence-electron chi connectivity index (χ3n) is 8.64. The molecular formula is C27H32N2O4. The van der Waals surface area contributed by atoms with E-state index in [1.807, 2.05) is 6.07 Å². The maximum atomic E-state index is 14.1. The molecule has 0 saturated carbocycles. The molecule has 3 heterocycles.